The van der Waals surface area contributed by atoms with Crippen LogP contribution >= 0.6 is 11.7 Å². The quantitative estimate of drug-likeness (QED) is 0.427. The molecule has 1 aromatic carbocycles. The van der Waals surface area contributed by atoms with E-state index in [4.69, 9.17) is 10.7 Å². The van der Waals surface area contributed by atoms with Crippen molar-refractivity contribution >= 4 is 28.7 Å². The lowest BCUT2D eigenvalue weighted by atomic mass is 10.0. The molecular weight excluding hydrogens is 448 g/mol. The summed E-state index contributed by atoms with van der Waals surface area (Å²) in [5.41, 5.74) is 8.86. The second-order valence-corrected chi connectivity index (χ2v) is 9.00. The summed E-state index contributed by atoms with van der Waals surface area (Å²) in [5, 5.41) is 4.54. The minimum absolute atomic E-state index is 0.0847. The molecule has 0 bridgehead atoms. The average molecular weight is 475 g/mol. The topological polar surface area (TPSA) is 108 Å². The molecule has 1 aliphatic rings. The Hall–Kier alpha value is -3.55. The van der Waals surface area contributed by atoms with Crippen molar-refractivity contribution in [1.82, 2.24) is 28.1 Å². The van der Waals surface area contributed by atoms with Gasteiger partial charge >= 0.3 is 0 Å². The third kappa shape index (κ3) is 4.32. The molecule has 174 valence electrons. The van der Waals surface area contributed by atoms with Crippen molar-refractivity contribution in [2.45, 2.75) is 44.8 Å². The van der Waals surface area contributed by atoms with Gasteiger partial charge in [-0.1, -0.05) is 36.3 Å². The van der Waals surface area contributed by atoms with Gasteiger partial charge < -0.3 is 10.6 Å². The van der Waals surface area contributed by atoms with Gasteiger partial charge in [-0.15, -0.1) is 5.92 Å². The van der Waals surface area contributed by atoms with Gasteiger partial charge in [0.05, 0.1) is 36.4 Å². The van der Waals surface area contributed by atoms with Gasteiger partial charge in [-0.05, 0) is 25.3 Å². The zero-order valence-corrected chi connectivity index (χ0v) is 19.8. The molecule has 1 aliphatic heterocycles. The Morgan fingerprint density at radius 1 is 1.26 bits per heavy atom. The number of nitrogens with zero attached hydrogens (tertiary/aromatic N) is 7. The van der Waals surface area contributed by atoms with Crippen molar-refractivity contribution in [2.75, 3.05) is 18.0 Å². The molecule has 4 heterocycles. The van der Waals surface area contributed by atoms with Gasteiger partial charge in [-0.25, -0.2) is 9.67 Å². The third-order valence-electron chi connectivity index (χ3n) is 6.13. The van der Waals surface area contributed by atoms with Crippen LogP contribution in [0.2, 0.25) is 0 Å². The highest BCUT2D eigenvalue weighted by molar-refractivity contribution is 6.99. The molecule has 0 radical (unpaired) electrons. The molecule has 2 N–H and O–H groups in total. The minimum Gasteiger partial charge on any atom is -0.341 e. The first-order valence-electron chi connectivity index (χ1n) is 11.3. The molecule has 0 aliphatic carbocycles. The van der Waals surface area contributed by atoms with Gasteiger partial charge in [-0.3, -0.25) is 9.36 Å². The molecule has 0 spiro atoms. The molecule has 0 saturated carbocycles. The molecule has 9 nitrogen and oxygen atoms in total. The van der Waals surface area contributed by atoms with Crippen molar-refractivity contribution in [1.29, 1.82) is 0 Å². The second-order valence-electron chi connectivity index (χ2n) is 8.44. The van der Waals surface area contributed by atoms with Gasteiger partial charge in [0.2, 0.25) is 5.95 Å². The van der Waals surface area contributed by atoms with Crippen LogP contribution in [-0.2, 0) is 13.0 Å². The van der Waals surface area contributed by atoms with E-state index in [9.17, 15) is 4.79 Å². The molecule has 1 fully saturated rings. The van der Waals surface area contributed by atoms with Crippen molar-refractivity contribution in [3.8, 4) is 11.8 Å². The maximum absolute atomic E-state index is 13.9. The number of nitrogens with two attached hydrogens (primary N) is 1. The van der Waals surface area contributed by atoms with Crippen LogP contribution in [0.15, 0.2) is 47.5 Å². The Labute approximate surface area is 201 Å². The standard InChI is InChI=1S/C24H26N8OS/c1-2-3-12-31-22-20(28-24(31)30-11-7-10-18(25)16-30)14-26-32(23(22)33)21(19-15-27-34-29-19)13-17-8-5-4-6-9-17/h4-6,8-9,14-15,18,21H,7,10-13,16,25H2,1H3. The third-order valence-corrected chi connectivity index (χ3v) is 6.62. The van der Waals surface area contributed by atoms with Crippen molar-refractivity contribution < 1.29 is 0 Å². The Kier molecular flexibility index (Phi) is 6.38. The van der Waals surface area contributed by atoms with Crippen LogP contribution in [0.4, 0.5) is 5.95 Å². The first kappa shape index (κ1) is 22.3. The number of fused-ring (bicyclic) bond motifs is 1. The number of benzene rings is 1. The highest BCUT2D eigenvalue weighted by Crippen LogP contribution is 2.25. The van der Waals surface area contributed by atoms with Crippen LogP contribution < -0.4 is 16.2 Å². The van der Waals surface area contributed by atoms with E-state index < -0.39 is 0 Å². The first-order valence-corrected chi connectivity index (χ1v) is 12.1. The summed E-state index contributed by atoms with van der Waals surface area (Å²) >= 11 is 1.12. The fraction of sp³-hybridized carbons (Fsp3) is 0.375. The zero-order chi connectivity index (χ0) is 23.5. The summed E-state index contributed by atoms with van der Waals surface area (Å²) in [6, 6.07) is 9.72. The maximum atomic E-state index is 13.9. The Bertz CT molecular complexity index is 1380. The monoisotopic (exact) mass is 474 g/mol. The molecule has 34 heavy (non-hydrogen) atoms. The molecule has 10 heteroatoms. The van der Waals surface area contributed by atoms with Crippen LogP contribution in [0.1, 0.15) is 37.1 Å². The first-order chi connectivity index (χ1) is 16.7. The predicted octanol–water partition coefficient (Wildman–Crippen LogP) is 2.23. The molecule has 2 unspecified atom stereocenters. The lowest BCUT2D eigenvalue weighted by Crippen LogP contribution is -2.44. The normalized spacial score (nSPS) is 16.9. The Morgan fingerprint density at radius 2 is 2.12 bits per heavy atom. The molecular formula is C24H26N8OS. The highest BCUT2D eigenvalue weighted by atomic mass is 32.1. The van der Waals surface area contributed by atoms with E-state index in [0.29, 0.717) is 36.2 Å². The van der Waals surface area contributed by atoms with Gasteiger partial charge in [0.15, 0.2) is 0 Å². The van der Waals surface area contributed by atoms with Crippen molar-refractivity contribution in [3.05, 3.63) is 64.3 Å². The molecule has 5 rings (SSSR count). The van der Waals surface area contributed by atoms with E-state index in [2.05, 4.69) is 30.6 Å². The lowest BCUT2D eigenvalue weighted by molar-refractivity contribution is 0.487. The van der Waals surface area contributed by atoms with Gasteiger partial charge in [0.25, 0.3) is 5.56 Å². The van der Waals surface area contributed by atoms with Crippen LogP contribution in [0.3, 0.4) is 0 Å². The lowest BCUT2D eigenvalue weighted by Gasteiger charge is -2.31. The van der Waals surface area contributed by atoms with E-state index in [1.54, 1.807) is 19.3 Å². The van der Waals surface area contributed by atoms with E-state index in [0.717, 1.165) is 42.6 Å². The number of imidazole rings is 1. The van der Waals surface area contributed by atoms with Crippen LogP contribution in [0, 0.1) is 11.8 Å². The number of aromatic nitrogens is 6. The molecule has 4 aromatic rings. The van der Waals surface area contributed by atoms with Crippen molar-refractivity contribution in [3.63, 3.8) is 0 Å². The van der Waals surface area contributed by atoms with Gasteiger partial charge in [0.1, 0.15) is 17.1 Å². The Balaban J connectivity index is 1.64. The zero-order valence-electron chi connectivity index (χ0n) is 19.0. The summed E-state index contributed by atoms with van der Waals surface area (Å²) in [7, 11) is 0. The summed E-state index contributed by atoms with van der Waals surface area (Å²) < 4.78 is 12.0. The number of anilines is 1. The molecule has 1 saturated heterocycles. The van der Waals surface area contributed by atoms with E-state index in [1.165, 1.54) is 4.68 Å². The van der Waals surface area contributed by atoms with Gasteiger partial charge in [-0.2, -0.15) is 13.8 Å². The summed E-state index contributed by atoms with van der Waals surface area (Å²) in [6.07, 6.45) is 5.92. The summed E-state index contributed by atoms with van der Waals surface area (Å²) in [6.45, 7) is 3.71. The summed E-state index contributed by atoms with van der Waals surface area (Å²) in [4.78, 5) is 20.9. The fourth-order valence-corrected chi connectivity index (χ4v) is 4.95. The SMILES string of the molecule is CC#CCn1c(N2CCCC(N)C2)nc2cnn(C(Cc3ccccc3)c3cnsn3)c(=O)c21. The van der Waals surface area contributed by atoms with E-state index >= 15 is 0 Å². The van der Waals surface area contributed by atoms with Crippen LogP contribution in [0.25, 0.3) is 11.0 Å². The molecule has 3 aromatic heterocycles. The number of rotatable bonds is 6. The van der Waals surface area contributed by atoms with Crippen LogP contribution in [0.5, 0.6) is 0 Å². The van der Waals surface area contributed by atoms with E-state index in [1.807, 2.05) is 34.9 Å². The Morgan fingerprint density at radius 3 is 2.85 bits per heavy atom. The number of piperidine rings is 1. The molecule has 0 amide bonds. The highest BCUT2D eigenvalue weighted by Gasteiger charge is 2.26. The predicted molar refractivity (Wildman–Crippen MR) is 133 cm³/mol. The van der Waals surface area contributed by atoms with Gasteiger partial charge in [0, 0.05) is 25.6 Å². The smallest absolute Gasteiger partial charge is 0.293 e. The number of hydrogen-bond donors (Lipinski definition) is 1. The molecule has 2 atom stereocenters. The summed E-state index contributed by atoms with van der Waals surface area (Å²) in [5.74, 6) is 6.76. The average Bonchev–Trinajstić information content (AvgIpc) is 3.51. The number of hydrogen-bond acceptors (Lipinski definition) is 8. The van der Waals surface area contributed by atoms with E-state index in [-0.39, 0.29) is 17.6 Å². The van der Waals surface area contributed by atoms with Crippen LogP contribution in [-0.4, -0.2) is 47.2 Å². The minimum atomic E-state index is -0.384. The fourth-order valence-electron chi connectivity index (χ4n) is 4.49. The second kappa shape index (κ2) is 9.75. The van der Waals surface area contributed by atoms with Crippen molar-refractivity contribution in [2.24, 2.45) is 5.73 Å². The largest absolute Gasteiger partial charge is 0.341 e. The maximum Gasteiger partial charge on any atom is 0.293 e.